The molecule has 0 fully saturated rings. The van der Waals surface area contributed by atoms with Crippen LogP contribution >= 0.6 is 11.3 Å². The second-order valence-corrected chi connectivity index (χ2v) is 6.94. The number of nitro benzene ring substituents is 1. The largest absolute Gasteiger partial charge is 0.497 e. The molecular formula is C19H17N3O7S. The average Bonchev–Trinajstić information content (AvgIpc) is 3.08. The van der Waals surface area contributed by atoms with Gasteiger partial charge in [-0.3, -0.25) is 19.7 Å². The summed E-state index contributed by atoms with van der Waals surface area (Å²) in [6, 6.07) is 11.0. The van der Waals surface area contributed by atoms with Gasteiger partial charge in [0.05, 0.1) is 29.4 Å². The minimum atomic E-state index is -0.586. The Balaban J connectivity index is 1.92. The van der Waals surface area contributed by atoms with E-state index < -0.39 is 16.8 Å². The Morgan fingerprint density at radius 1 is 1.17 bits per heavy atom. The monoisotopic (exact) mass is 431 g/mol. The van der Waals surface area contributed by atoms with E-state index in [1.54, 1.807) is 24.3 Å². The molecule has 2 aromatic carbocycles. The topological polar surface area (TPSA) is 122 Å². The van der Waals surface area contributed by atoms with E-state index in [1.165, 1.54) is 37.0 Å². The molecule has 0 unspecified atom stereocenters. The number of rotatable bonds is 7. The molecular weight excluding hydrogens is 414 g/mol. The number of carbonyl (C=O) groups excluding carboxylic acids is 2. The van der Waals surface area contributed by atoms with Crippen LogP contribution in [-0.2, 0) is 20.9 Å². The van der Waals surface area contributed by atoms with Gasteiger partial charge in [-0.15, -0.1) is 0 Å². The molecule has 0 N–H and O–H groups in total. The number of benzene rings is 2. The number of ether oxygens (including phenoxy) is 3. The van der Waals surface area contributed by atoms with Crippen molar-refractivity contribution in [1.82, 2.24) is 4.57 Å². The van der Waals surface area contributed by atoms with Crippen molar-refractivity contribution in [1.29, 1.82) is 0 Å². The van der Waals surface area contributed by atoms with Gasteiger partial charge >= 0.3 is 5.97 Å². The van der Waals surface area contributed by atoms with Gasteiger partial charge < -0.3 is 18.8 Å². The number of nitro groups is 1. The standard InChI is InChI=1S/C19H17N3O7S/c1-27-13-4-3-5-14(9-13)29-11-17(23)20-19-21(10-18(24)28-2)15-7-6-12(22(25)26)8-16(15)30-19/h3-9H,10-11H2,1-2H3. The molecule has 1 aromatic heterocycles. The number of nitrogens with zero attached hydrogens (tertiary/aromatic N) is 3. The first-order valence-corrected chi connectivity index (χ1v) is 9.42. The summed E-state index contributed by atoms with van der Waals surface area (Å²) in [5, 5.41) is 11.0. The van der Waals surface area contributed by atoms with E-state index in [1.807, 2.05) is 0 Å². The van der Waals surface area contributed by atoms with E-state index in [-0.39, 0.29) is 23.6 Å². The van der Waals surface area contributed by atoms with E-state index in [0.717, 1.165) is 11.3 Å². The number of esters is 1. The molecule has 0 saturated heterocycles. The fourth-order valence-electron chi connectivity index (χ4n) is 2.58. The zero-order valence-electron chi connectivity index (χ0n) is 16.1. The van der Waals surface area contributed by atoms with Gasteiger partial charge in [0, 0.05) is 18.2 Å². The number of amides is 1. The first kappa shape index (κ1) is 21.0. The second kappa shape index (κ2) is 9.18. The highest BCUT2D eigenvalue weighted by molar-refractivity contribution is 7.16. The normalized spacial score (nSPS) is 11.3. The summed E-state index contributed by atoms with van der Waals surface area (Å²) in [4.78, 5) is 38.9. The van der Waals surface area contributed by atoms with E-state index in [0.29, 0.717) is 21.7 Å². The highest BCUT2D eigenvalue weighted by Gasteiger charge is 2.15. The third-order valence-corrected chi connectivity index (χ3v) is 5.06. The number of aromatic nitrogens is 1. The molecule has 1 heterocycles. The molecule has 0 spiro atoms. The van der Waals surface area contributed by atoms with Crippen LogP contribution in [0.5, 0.6) is 11.5 Å². The number of carbonyl (C=O) groups is 2. The molecule has 3 rings (SSSR count). The first-order valence-electron chi connectivity index (χ1n) is 8.60. The zero-order valence-corrected chi connectivity index (χ0v) is 16.9. The van der Waals surface area contributed by atoms with Crippen molar-refractivity contribution in [3.8, 4) is 11.5 Å². The highest BCUT2D eigenvalue weighted by atomic mass is 32.1. The molecule has 0 saturated carbocycles. The van der Waals surface area contributed by atoms with Gasteiger partial charge in [-0.25, -0.2) is 0 Å². The van der Waals surface area contributed by atoms with Crippen molar-refractivity contribution in [3.05, 3.63) is 57.4 Å². The van der Waals surface area contributed by atoms with Gasteiger partial charge in [-0.05, 0) is 18.2 Å². The number of thiazole rings is 1. The molecule has 10 nitrogen and oxygen atoms in total. The lowest BCUT2D eigenvalue weighted by molar-refractivity contribution is -0.384. The van der Waals surface area contributed by atoms with Gasteiger partial charge in [-0.2, -0.15) is 4.99 Å². The highest BCUT2D eigenvalue weighted by Crippen LogP contribution is 2.23. The third kappa shape index (κ3) is 4.81. The van der Waals surface area contributed by atoms with Crippen LogP contribution in [0.25, 0.3) is 10.2 Å². The third-order valence-electron chi connectivity index (χ3n) is 4.02. The van der Waals surface area contributed by atoms with Gasteiger partial charge in [0.25, 0.3) is 11.6 Å². The van der Waals surface area contributed by atoms with E-state index in [9.17, 15) is 19.7 Å². The number of non-ortho nitro benzene ring substituents is 1. The van der Waals surface area contributed by atoms with E-state index in [4.69, 9.17) is 14.2 Å². The Bertz CT molecular complexity index is 1180. The van der Waals surface area contributed by atoms with Crippen LogP contribution in [-0.4, -0.2) is 42.2 Å². The molecule has 0 aliphatic rings. The van der Waals surface area contributed by atoms with Crippen molar-refractivity contribution in [2.45, 2.75) is 6.54 Å². The maximum absolute atomic E-state index is 12.3. The van der Waals surface area contributed by atoms with E-state index in [2.05, 4.69) is 4.99 Å². The Hall–Kier alpha value is -3.73. The van der Waals surface area contributed by atoms with Crippen LogP contribution in [0, 0.1) is 10.1 Å². The Morgan fingerprint density at radius 2 is 1.93 bits per heavy atom. The number of methoxy groups -OCH3 is 2. The lowest BCUT2D eigenvalue weighted by atomic mass is 10.3. The molecule has 156 valence electrons. The molecule has 0 bridgehead atoms. The average molecular weight is 431 g/mol. The smallest absolute Gasteiger partial charge is 0.325 e. The Kier molecular flexibility index (Phi) is 6.42. The summed E-state index contributed by atoms with van der Waals surface area (Å²) in [7, 11) is 2.76. The minimum absolute atomic E-state index is 0.104. The van der Waals surface area contributed by atoms with Crippen molar-refractivity contribution >= 4 is 39.1 Å². The fourth-order valence-corrected chi connectivity index (χ4v) is 3.66. The summed E-state index contributed by atoms with van der Waals surface area (Å²) < 4.78 is 17.2. The molecule has 30 heavy (non-hydrogen) atoms. The molecule has 0 aliphatic carbocycles. The van der Waals surface area contributed by atoms with Gasteiger partial charge in [0.2, 0.25) is 0 Å². The quantitative estimate of drug-likeness (QED) is 0.319. The minimum Gasteiger partial charge on any atom is -0.497 e. The van der Waals surface area contributed by atoms with E-state index >= 15 is 0 Å². The summed E-state index contributed by atoms with van der Waals surface area (Å²) in [6.07, 6.45) is 0. The van der Waals surface area contributed by atoms with Crippen LogP contribution in [0.15, 0.2) is 47.5 Å². The van der Waals surface area contributed by atoms with Crippen molar-refractivity contribution in [2.75, 3.05) is 20.8 Å². The van der Waals surface area contributed by atoms with Crippen LogP contribution in [0.2, 0.25) is 0 Å². The first-order chi connectivity index (χ1) is 14.4. The fraction of sp³-hybridized carbons (Fsp3) is 0.211. The Labute approximate surface area is 174 Å². The van der Waals surface area contributed by atoms with Gasteiger partial charge in [-0.1, -0.05) is 17.4 Å². The van der Waals surface area contributed by atoms with Gasteiger partial charge in [0.1, 0.15) is 18.0 Å². The van der Waals surface area contributed by atoms with Crippen molar-refractivity contribution < 1.29 is 28.7 Å². The van der Waals surface area contributed by atoms with Crippen LogP contribution in [0.4, 0.5) is 5.69 Å². The molecule has 1 amide bonds. The lowest BCUT2D eigenvalue weighted by Crippen LogP contribution is -2.23. The predicted octanol–water partition coefficient (Wildman–Crippen LogP) is 2.30. The molecule has 3 aromatic rings. The summed E-state index contributed by atoms with van der Waals surface area (Å²) in [6.45, 7) is -0.531. The maximum Gasteiger partial charge on any atom is 0.325 e. The summed E-state index contributed by atoms with van der Waals surface area (Å²) >= 11 is 1.05. The number of hydrogen-bond acceptors (Lipinski definition) is 8. The van der Waals surface area contributed by atoms with Crippen molar-refractivity contribution in [3.63, 3.8) is 0 Å². The van der Waals surface area contributed by atoms with Gasteiger partial charge in [0.15, 0.2) is 11.4 Å². The van der Waals surface area contributed by atoms with Crippen molar-refractivity contribution in [2.24, 2.45) is 4.99 Å². The predicted molar refractivity (Wildman–Crippen MR) is 108 cm³/mol. The van der Waals surface area contributed by atoms with Crippen LogP contribution < -0.4 is 14.3 Å². The number of hydrogen-bond donors (Lipinski definition) is 0. The van der Waals surface area contributed by atoms with Crippen LogP contribution in [0.3, 0.4) is 0 Å². The maximum atomic E-state index is 12.3. The Morgan fingerprint density at radius 3 is 2.63 bits per heavy atom. The lowest BCUT2D eigenvalue weighted by Gasteiger charge is -2.06. The SMILES string of the molecule is COC(=O)Cn1c(=NC(=O)COc2cccc(OC)c2)sc2cc([N+](=O)[O-])ccc21. The summed E-state index contributed by atoms with van der Waals surface area (Å²) in [5.41, 5.74) is 0.421. The zero-order chi connectivity index (χ0) is 21.7. The molecule has 11 heteroatoms. The van der Waals surface area contributed by atoms with Crippen LogP contribution in [0.1, 0.15) is 0 Å². The molecule has 0 radical (unpaired) electrons. The molecule has 0 atom stereocenters. The summed E-state index contributed by atoms with van der Waals surface area (Å²) in [5.74, 6) is -0.113. The molecule has 0 aliphatic heterocycles. The number of fused-ring (bicyclic) bond motifs is 1. The second-order valence-electron chi connectivity index (χ2n) is 5.93.